The van der Waals surface area contributed by atoms with E-state index in [2.05, 4.69) is 13.8 Å². The van der Waals surface area contributed by atoms with E-state index in [4.69, 9.17) is 9.47 Å². The van der Waals surface area contributed by atoms with Crippen LogP contribution in [0.4, 0.5) is 0 Å². The molecule has 1 atom stereocenters. The van der Waals surface area contributed by atoms with Crippen molar-refractivity contribution >= 4 is 5.97 Å². The van der Waals surface area contributed by atoms with Crippen LogP contribution in [0.15, 0.2) is 24.3 Å². The lowest BCUT2D eigenvalue weighted by Crippen LogP contribution is -2.23. The van der Waals surface area contributed by atoms with Gasteiger partial charge in [0.15, 0.2) is 0 Å². The van der Waals surface area contributed by atoms with E-state index in [1.54, 1.807) is 7.11 Å². The van der Waals surface area contributed by atoms with Crippen LogP contribution in [0.3, 0.4) is 0 Å². The summed E-state index contributed by atoms with van der Waals surface area (Å²) in [6, 6.07) is 7.66. The van der Waals surface area contributed by atoms with Gasteiger partial charge in [0.1, 0.15) is 6.10 Å². The Labute approximate surface area is 147 Å². The Kier molecular flexibility index (Phi) is 11.2. The van der Waals surface area contributed by atoms with Crippen LogP contribution >= 0.6 is 0 Å². The topological polar surface area (TPSA) is 35.5 Å². The average molecular weight is 335 g/mol. The van der Waals surface area contributed by atoms with Crippen molar-refractivity contribution in [3.8, 4) is 0 Å². The molecule has 0 aliphatic carbocycles. The van der Waals surface area contributed by atoms with Crippen molar-refractivity contribution in [1.29, 1.82) is 0 Å². The lowest BCUT2D eigenvalue weighted by Gasteiger charge is -2.17. The molecular formula is C21H34O3. The van der Waals surface area contributed by atoms with Crippen LogP contribution in [0.5, 0.6) is 0 Å². The second-order valence-electron chi connectivity index (χ2n) is 6.44. The molecule has 24 heavy (non-hydrogen) atoms. The van der Waals surface area contributed by atoms with Crippen LogP contribution in [0.1, 0.15) is 81.1 Å². The molecule has 0 saturated heterocycles. The zero-order valence-corrected chi connectivity index (χ0v) is 15.7. The number of rotatable bonds is 13. The van der Waals surface area contributed by atoms with E-state index in [1.807, 2.05) is 24.3 Å². The Balaban J connectivity index is 2.34. The Bertz CT molecular complexity index is 439. The average Bonchev–Trinajstić information content (AvgIpc) is 2.61. The van der Waals surface area contributed by atoms with Gasteiger partial charge in [-0.2, -0.15) is 0 Å². The third-order valence-corrected chi connectivity index (χ3v) is 4.35. The summed E-state index contributed by atoms with van der Waals surface area (Å²) < 4.78 is 10.8. The van der Waals surface area contributed by atoms with Crippen molar-refractivity contribution in [2.45, 2.75) is 77.7 Å². The molecule has 3 nitrogen and oxygen atoms in total. The maximum atomic E-state index is 12.3. The van der Waals surface area contributed by atoms with E-state index < -0.39 is 0 Å². The molecule has 1 unspecified atom stereocenters. The van der Waals surface area contributed by atoms with Gasteiger partial charge in [0.2, 0.25) is 0 Å². The van der Waals surface area contributed by atoms with E-state index in [1.165, 1.54) is 44.1 Å². The summed E-state index contributed by atoms with van der Waals surface area (Å²) in [6.07, 6.45) is 10.5. The Morgan fingerprint density at radius 1 is 0.958 bits per heavy atom. The van der Waals surface area contributed by atoms with Crippen molar-refractivity contribution in [1.82, 2.24) is 0 Å². The number of hydrogen-bond donors (Lipinski definition) is 0. The van der Waals surface area contributed by atoms with Gasteiger partial charge in [-0.05, 0) is 37.0 Å². The number of esters is 1. The predicted molar refractivity (Wildman–Crippen MR) is 99.5 cm³/mol. The summed E-state index contributed by atoms with van der Waals surface area (Å²) in [5.74, 6) is -0.248. The van der Waals surface area contributed by atoms with Crippen LogP contribution in [0, 0.1) is 0 Å². The zero-order valence-electron chi connectivity index (χ0n) is 15.7. The fraction of sp³-hybridized carbons (Fsp3) is 0.667. The van der Waals surface area contributed by atoms with E-state index >= 15 is 0 Å². The predicted octanol–water partition coefficient (Wildman–Crippen LogP) is 5.56. The van der Waals surface area contributed by atoms with Gasteiger partial charge in [-0.15, -0.1) is 0 Å². The van der Waals surface area contributed by atoms with Gasteiger partial charge >= 0.3 is 5.97 Å². The maximum absolute atomic E-state index is 12.3. The summed E-state index contributed by atoms with van der Waals surface area (Å²) in [7, 11) is 1.65. The number of unbranched alkanes of at least 4 members (excludes halogenated alkanes) is 6. The number of aryl methyl sites for hydroxylation is 1. The molecule has 0 N–H and O–H groups in total. The van der Waals surface area contributed by atoms with Gasteiger partial charge in [0, 0.05) is 7.11 Å². The summed E-state index contributed by atoms with van der Waals surface area (Å²) in [5, 5.41) is 0. The zero-order chi connectivity index (χ0) is 17.6. The number of carbonyl (C=O) groups is 1. The molecule has 0 amide bonds. The van der Waals surface area contributed by atoms with Gasteiger partial charge in [-0.3, -0.25) is 0 Å². The minimum absolute atomic E-state index is 0.149. The fourth-order valence-electron chi connectivity index (χ4n) is 2.79. The second kappa shape index (κ2) is 13.0. The van der Waals surface area contributed by atoms with Gasteiger partial charge in [-0.25, -0.2) is 4.79 Å². The third kappa shape index (κ3) is 8.49. The first-order chi connectivity index (χ1) is 11.7. The Morgan fingerprint density at radius 2 is 1.58 bits per heavy atom. The number of carbonyl (C=O) groups excluding carboxylic acids is 1. The highest BCUT2D eigenvalue weighted by atomic mass is 16.6. The molecule has 0 radical (unpaired) electrons. The lowest BCUT2D eigenvalue weighted by atomic mass is 10.1. The maximum Gasteiger partial charge on any atom is 0.338 e. The van der Waals surface area contributed by atoms with E-state index in [0.29, 0.717) is 12.2 Å². The van der Waals surface area contributed by atoms with Crippen molar-refractivity contribution in [3.05, 3.63) is 35.4 Å². The van der Waals surface area contributed by atoms with Crippen molar-refractivity contribution < 1.29 is 14.3 Å². The van der Waals surface area contributed by atoms with Gasteiger partial charge in [0.05, 0.1) is 12.2 Å². The van der Waals surface area contributed by atoms with E-state index in [0.717, 1.165) is 19.3 Å². The normalized spacial score (nSPS) is 12.1. The number of hydrogen-bond acceptors (Lipinski definition) is 3. The molecule has 0 aliphatic rings. The third-order valence-electron chi connectivity index (χ3n) is 4.35. The highest BCUT2D eigenvalue weighted by Gasteiger charge is 2.15. The monoisotopic (exact) mass is 334 g/mol. The van der Waals surface area contributed by atoms with Crippen LogP contribution in [-0.4, -0.2) is 25.8 Å². The highest BCUT2D eigenvalue weighted by Crippen LogP contribution is 2.14. The van der Waals surface area contributed by atoms with Crippen LogP contribution < -0.4 is 0 Å². The molecule has 0 aliphatic heterocycles. The smallest absolute Gasteiger partial charge is 0.338 e. The molecule has 3 heteroatoms. The van der Waals surface area contributed by atoms with Gasteiger partial charge in [0.25, 0.3) is 0 Å². The molecule has 136 valence electrons. The molecule has 1 aromatic carbocycles. The largest absolute Gasteiger partial charge is 0.456 e. The quantitative estimate of drug-likeness (QED) is 0.350. The molecular weight excluding hydrogens is 300 g/mol. The standard InChI is InChI=1S/C21H34O3/c1-4-6-7-8-9-10-11-12-20(17-23-3)24-21(22)19-15-13-18(5-2)14-16-19/h13-16,20H,4-12,17H2,1-3H3. The van der Waals surface area contributed by atoms with Crippen LogP contribution in [-0.2, 0) is 15.9 Å². The first-order valence-corrected chi connectivity index (χ1v) is 9.50. The lowest BCUT2D eigenvalue weighted by molar-refractivity contribution is 0.00237. The van der Waals surface area contributed by atoms with Gasteiger partial charge < -0.3 is 9.47 Å². The summed E-state index contributed by atoms with van der Waals surface area (Å²) in [6.45, 7) is 4.80. The van der Waals surface area contributed by atoms with E-state index in [9.17, 15) is 4.79 Å². The van der Waals surface area contributed by atoms with Crippen molar-refractivity contribution in [3.63, 3.8) is 0 Å². The summed E-state index contributed by atoms with van der Waals surface area (Å²) in [4.78, 5) is 12.3. The van der Waals surface area contributed by atoms with Crippen molar-refractivity contribution in [2.75, 3.05) is 13.7 Å². The van der Waals surface area contributed by atoms with Gasteiger partial charge in [-0.1, -0.05) is 64.5 Å². The summed E-state index contributed by atoms with van der Waals surface area (Å²) in [5.41, 5.74) is 1.84. The van der Waals surface area contributed by atoms with Crippen molar-refractivity contribution in [2.24, 2.45) is 0 Å². The molecule has 0 saturated carbocycles. The summed E-state index contributed by atoms with van der Waals surface area (Å²) >= 11 is 0. The van der Waals surface area contributed by atoms with Crippen LogP contribution in [0.2, 0.25) is 0 Å². The first-order valence-electron chi connectivity index (χ1n) is 9.50. The fourth-order valence-corrected chi connectivity index (χ4v) is 2.79. The molecule has 0 heterocycles. The molecule has 0 spiro atoms. The van der Waals surface area contributed by atoms with E-state index in [-0.39, 0.29) is 12.1 Å². The number of ether oxygens (including phenoxy) is 2. The first kappa shape index (κ1) is 20.7. The SMILES string of the molecule is CCCCCCCCCC(COC)OC(=O)c1ccc(CC)cc1. The Hall–Kier alpha value is -1.35. The Morgan fingerprint density at radius 3 is 2.17 bits per heavy atom. The molecule has 1 rings (SSSR count). The molecule has 0 aromatic heterocycles. The number of methoxy groups -OCH3 is 1. The highest BCUT2D eigenvalue weighted by molar-refractivity contribution is 5.89. The molecule has 1 aromatic rings. The molecule has 0 fully saturated rings. The number of benzene rings is 1. The minimum Gasteiger partial charge on any atom is -0.456 e. The minimum atomic E-state index is -0.248. The molecule has 0 bridgehead atoms. The van der Waals surface area contributed by atoms with Crippen LogP contribution in [0.25, 0.3) is 0 Å². The second-order valence-corrected chi connectivity index (χ2v) is 6.44.